The molecule has 1 rings (SSSR count). The van der Waals surface area contributed by atoms with Crippen molar-refractivity contribution in [3.63, 3.8) is 0 Å². The van der Waals surface area contributed by atoms with Crippen molar-refractivity contribution in [1.82, 2.24) is 9.97 Å². The fourth-order valence-electron chi connectivity index (χ4n) is 1.90. The van der Waals surface area contributed by atoms with Crippen molar-refractivity contribution in [2.75, 3.05) is 12.8 Å². The summed E-state index contributed by atoms with van der Waals surface area (Å²) in [6.45, 7) is 6.18. The van der Waals surface area contributed by atoms with Gasteiger partial charge in [-0.3, -0.25) is 0 Å². The SMILES string of the molecule is CCc1nc(C(CC)(CC)OC)nc(N)c1Br. The number of nitrogen functional groups attached to an aromatic ring is 1. The summed E-state index contributed by atoms with van der Waals surface area (Å²) in [5.41, 5.74) is 6.40. The lowest BCUT2D eigenvalue weighted by atomic mass is 9.96. The van der Waals surface area contributed by atoms with E-state index in [0.717, 1.165) is 29.4 Å². The Morgan fingerprint density at radius 1 is 1.24 bits per heavy atom. The highest BCUT2D eigenvalue weighted by molar-refractivity contribution is 9.10. The maximum absolute atomic E-state index is 5.90. The average Bonchev–Trinajstić information content (AvgIpc) is 2.36. The number of hydrogen-bond acceptors (Lipinski definition) is 4. The fraction of sp³-hybridized carbons (Fsp3) is 0.667. The van der Waals surface area contributed by atoms with Gasteiger partial charge in [-0.25, -0.2) is 9.97 Å². The third kappa shape index (κ3) is 2.60. The summed E-state index contributed by atoms with van der Waals surface area (Å²) >= 11 is 3.42. The van der Waals surface area contributed by atoms with Gasteiger partial charge in [0.25, 0.3) is 0 Å². The Hall–Kier alpha value is -0.680. The van der Waals surface area contributed by atoms with Gasteiger partial charge in [-0.15, -0.1) is 0 Å². The number of nitrogens with two attached hydrogens (primary N) is 1. The summed E-state index contributed by atoms with van der Waals surface area (Å²) in [6, 6.07) is 0. The number of aryl methyl sites for hydroxylation is 1. The van der Waals surface area contributed by atoms with Crippen LogP contribution in [-0.2, 0) is 16.8 Å². The van der Waals surface area contributed by atoms with E-state index in [2.05, 4.69) is 39.7 Å². The van der Waals surface area contributed by atoms with E-state index in [1.54, 1.807) is 7.11 Å². The first-order chi connectivity index (χ1) is 8.04. The van der Waals surface area contributed by atoms with Crippen LogP contribution in [0.3, 0.4) is 0 Å². The largest absolute Gasteiger partial charge is 0.383 e. The Kier molecular flexibility index (Phi) is 4.89. The summed E-state index contributed by atoms with van der Waals surface area (Å²) in [6.07, 6.45) is 2.46. The molecule has 0 amide bonds. The molecule has 17 heavy (non-hydrogen) atoms. The standard InChI is InChI=1S/C12H20BrN3O/c1-5-8-9(13)10(14)16-11(15-8)12(6-2,7-3)17-4/h5-7H2,1-4H3,(H2,14,15,16). The van der Waals surface area contributed by atoms with Crippen LogP contribution in [0.4, 0.5) is 5.82 Å². The molecule has 2 N–H and O–H groups in total. The lowest BCUT2D eigenvalue weighted by Crippen LogP contribution is -2.30. The number of nitrogens with zero attached hydrogens (tertiary/aromatic N) is 2. The minimum Gasteiger partial charge on any atom is -0.383 e. The highest BCUT2D eigenvalue weighted by atomic mass is 79.9. The molecule has 4 nitrogen and oxygen atoms in total. The number of anilines is 1. The van der Waals surface area contributed by atoms with Crippen molar-refractivity contribution >= 4 is 21.7 Å². The molecular weight excluding hydrogens is 282 g/mol. The molecule has 0 radical (unpaired) electrons. The fourth-order valence-corrected chi connectivity index (χ4v) is 2.35. The first-order valence-corrected chi connectivity index (χ1v) is 6.71. The van der Waals surface area contributed by atoms with Gasteiger partial charge in [0, 0.05) is 7.11 Å². The molecule has 0 bridgehead atoms. The van der Waals surface area contributed by atoms with Crippen molar-refractivity contribution in [2.45, 2.75) is 45.6 Å². The van der Waals surface area contributed by atoms with E-state index in [9.17, 15) is 0 Å². The molecule has 96 valence electrons. The van der Waals surface area contributed by atoms with Crippen LogP contribution in [0.1, 0.15) is 45.1 Å². The van der Waals surface area contributed by atoms with Crippen molar-refractivity contribution in [3.05, 3.63) is 16.0 Å². The Morgan fingerprint density at radius 2 is 1.82 bits per heavy atom. The van der Waals surface area contributed by atoms with Gasteiger partial charge in [0.2, 0.25) is 0 Å². The molecule has 0 aliphatic rings. The topological polar surface area (TPSA) is 61.0 Å². The summed E-state index contributed by atoms with van der Waals surface area (Å²) in [7, 11) is 1.69. The van der Waals surface area contributed by atoms with Crippen molar-refractivity contribution in [2.24, 2.45) is 0 Å². The number of ether oxygens (including phenoxy) is 1. The first kappa shape index (κ1) is 14.4. The van der Waals surface area contributed by atoms with Crippen LogP contribution in [0.2, 0.25) is 0 Å². The van der Waals surface area contributed by atoms with Gasteiger partial charge < -0.3 is 10.5 Å². The summed E-state index contributed by atoms with van der Waals surface area (Å²) in [5, 5.41) is 0. The highest BCUT2D eigenvalue weighted by Crippen LogP contribution is 2.32. The molecule has 1 heterocycles. The van der Waals surface area contributed by atoms with Gasteiger partial charge in [-0.05, 0) is 35.2 Å². The average molecular weight is 302 g/mol. The predicted molar refractivity (Wildman–Crippen MR) is 72.8 cm³/mol. The summed E-state index contributed by atoms with van der Waals surface area (Å²) in [4.78, 5) is 8.93. The molecule has 0 spiro atoms. The predicted octanol–water partition coefficient (Wildman–Crippen LogP) is 3.05. The number of rotatable bonds is 5. The molecule has 1 aromatic heterocycles. The number of methoxy groups -OCH3 is 1. The normalized spacial score (nSPS) is 11.8. The Bertz CT molecular complexity index is 383. The molecule has 0 saturated carbocycles. The van der Waals surface area contributed by atoms with E-state index < -0.39 is 5.60 Å². The molecule has 0 unspecified atom stereocenters. The van der Waals surface area contributed by atoms with Gasteiger partial charge >= 0.3 is 0 Å². The number of hydrogen-bond donors (Lipinski definition) is 1. The highest BCUT2D eigenvalue weighted by Gasteiger charge is 2.32. The maximum atomic E-state index is 5.90. The second kappa shape index (κ2) is 5.78. The summed E-state index contributed by atoms with van der Waals surface area (Å²) in [5.74, 6) is 1.16. The Balaban J connectivity index is 3.35. The molecule has 0 atom stereocenters. The molecule has 0 aliphatic heterocycles. The van der Waals surface area contributed by atoms with Gasteiger partial charge in [-0.1, -0.05) is 20.8 Å². The zero-order chi connectivity index (χ0) is 13.1. The van der Waals surface area contributed by atoms with Crippen LogP contribution >= 0.6 is 15.9 Å². The molecule has 0 aliphatic carbocycles. The third-order valence-corrected chi connectivity index (χ3v) is 4.08. The van der Waals surface area contributed by atoms with Crippen molar-refractivity contribution in [3.8, 4) is 0 Å². The van der Waals surface area contributed by atoms with Crippen LogP contribution < -0.4 is 5.73 Å². The molecule has 5 heteroatoms. The van der Waals surface area contributed by atoms with E-state index >= 15 is 0 Å². The minimum absolute atomic E-state index is 0.432. The van der Waals surface area contributed by atoms with Crippen LogP contribution in [-0.4, -0.2) is 17.1 Å². The molecular formula is C12H20BrN3O. The number of aromatic nitrogens is 2. The van der Waals surface area contributed by atoms with Gasteiger partial charge in [0.15, 0.2) is 5.82 Å². The molecule has 0 saturated heterocycles. The maximum Gasteiger partial charge on any atom is 0.162 e. The monoisotopic (exact) mass is 301 g/mol. The van der Waals surface area contributed by atoms with Crippen molar-refractivity contribution in [1.29, 1.82) is 0 Å². The van der Waals surface area contributed by atoms with E-state index in [4.69, 9.17) is 10.5 Å². The van der Waals surface area contributed by atoms with Gasteiger partial charge in [0.1, 0.15) is 11.4 Å². The first-order valence-electron chi connectivity index (χ1n) is 5.92. The Labute approximate surface area is 111 Å². The van der Waals surface area contributed by atoms with Gasteiger partial charge in [0.05, 0.1) is 10.2 Å². The van der Waals surface area contributed by atoms with Crippen LogP contribution in [0.15, 0.2) is 4.47 Å². The third-order valence-electron chi connectivity index (χ3n) is 3.22. The van der Waals surface area contributed by atoms with E-state index in [-0.39, 0.29) is 0 Å². The van der Waals surface area contributed by atoms with Crippen LogP contribution in [0.5, 0.6) is 0 Å². The molecule has 0 aromatic carbocycles. The molecule has 0 fully saturated rings. The lowest BCUT2D eigenvalue weighted by molar-refractivity contribution is -0.0292. The van der Waals surface area contributed by atoms with E-state index in [0.29, 0.717) is 11.6 Å². The Morgan fingerprint density at radius 3 is 2.24 bits per heavy atom. The zero-order valence-corrected chi connectivity index (χ0v) is 12.5. The number of halogens is 1. The van der Waals surface area contributed by atoms with Crippen LogP contribution in [0, 0.1) is 0 Å². The van der Waals surface area contributed by atoms with Gasteiger partial charge in [-0.2, -0.15) is 0 Å². The smallest absolute Gasteiger partial charge is 0.162 e. The van der Waals surface area contributed by atoms with E-state index in [1.165, 1.54) is 0 Å². The second-order valence-electron chi connectivity index (χ2n) is 3.95. The quantitative estimate of drug-likeness (QED) is 0.908. The molecule has 1 aromatic rings. The van der Waals surface area contributed by atoms with Crippen molar-refractivity contribution < 1.29 is 4.74 Å². The summed E-state index contributed by atoms with van der Waals surface area (Å²) < 4.78 is 6.41. The van der Waals surface area contributed by atoms with E-state index in [1.807, 2.05) is 6.92 Å². The zero-order valence-electron chi connectivity index (χ0n) is 10.9. The minimum atomic E-state index is -0.432. The van der Waals surface area contributed by atoms with Crippen LogP contribution in [0.25, 0.3) is 0 Å². The second-order valence-corrected chi connectivity index (χ2v) is 4.75. The lowest BCUT2D eigenvalue weighted by Gasteiger charge is -2.29.